The van der Waals surface area contributed by atoms with E-state index in [2.05, 4.69) is 132 Å². The van der Waals surface area contributed by atoms with Crippen LogP contribution in [0.1, 0.15) is 0 Å². The Balaban J connectivity index is 1.20. The van der Waals surface area contributed by atoms with E-state index < -0.39 is 0 Å². The quantitative estimate of drug-likeness (QED) is 0.203. The standard InChI is InChI=1S/C52H27B7N2/c53-44-40(45(54)49(58)51-42(44)43-46(55)47(56)48(57)50(59)52(43)61(51)35-24-20-29-12-7-8-15-32(29)26-35)33-21-25-38-37(27-33)41-36(31-13-5-2-6-14-31)16-9-17-39(41)60(38)34-22-18-30(19-23-34)28-10-3-1-4-11-28/h1-27H. The molecule has 2 nitrogen and oxygen atoms in total. The Morgan fingerprint density at radius 1 is 0.311 bits per heavy atom. The molecule has 0 N–H and O–H groups in total. The van der Waals surface area contributed by atoms with Crippen molar-refractivity contribution in [2.75, 3.05) is 0 Å². The van der Waals surface area contributed by atoms with Crippen LogP contribution in [0.2, 0.25) is 0 Å². The van der Waals surface area contributed by atoms with Crippen molar-refractivity contribution in [1.82, 2.24) is 9.13 Å². The molecular weight excluding hydrogens is 728 g/mol. The molecule has 0 bridgehead atoms. The second kappa shape index (κ2) is 14.2. The molecule has 0 aliphatic heterocycles. The molecule has 0 aliphatic carbocycles. The summed E-state index contributed by atoms with van der Waals surface area (Å²) in [6.45, 7) is 0. The lowest BCUT2D eigenvalue weighted by Gasteiger charge is -2.19. The van der Waals surface area contributed by atoms with Crippen molar-refractivity contribution >= 4 is 148 Å². The Morgan fingerprint density at radius 2 is 0.885 bits per heavy atom. The molecule has 9 heteroatoms. The van der Waals surface area contributed by atoms with E-state index in [0.717, 1.165) is 71.8 Å². The minimum absolute atomic E-state index is 0.179. The molecule has 2 heterocycles. The van der Waals surface area contributed by atoms with E-state index in [1.54, 1.807) is 0 Å². The van der Waals surface area contributed by atoms with E-state index in [1.165, 1.54) is 0 Å². The summed E-state index contributed by atoms with van der Waals surface area (Å²) in [7, 11) is 48.6. The van der Waals surface area contributed by atoms with Crippen LogP contribution in [0.4, 0.5) is 0 Å². The fourth-order valence-corrected chi connectivity index (χ4v) is 9.37. The van der Waals surface area contributed by atoms with Crippen molar-refractivity contribution in [3.05, 3.63) is 164 Å². The van der Waals surface area contributed by atoms with Gasteiger partial charge in [-0.15, -0.1) is 10.9 Å². The normalized spacial score (nSPS) is 11.7. The second-order valence-electron chi connectivity index (χ2n) is 15.6. The van der Waals surface area contributed by atoms with Gasteiger partial charge in [-0.2, -0.15) is 0 Å². The molecule has 0 amide bonds. The van der Waals surface area contributed by atoms with E-state index >= 15 is 0 Å². The van der Waals surface area contributed by atoms with Gasteiger partial charge in [-0.1, -0.05) is 149 Å². The van der Waals surface area contributed by atoms with Gasteiger partial charge in [0, 0.05) is 38.6 Å². The van der Waals surface area contributed by atoms with E-state index in [4.69, 9.17) is 54.9 Å². The zero-order valence-corrected chi connectivity index (χ0v) is 33.0. The lowest BCUT2D eigenvalue weighted by Crippen LogP contribution is -2.48. The number of fused-ring (bicyclic) bond motifs is 7. The van der Waals surface area contributed by atoms with Crippen LogP contribution in [0.25, 0.3) is 99.1 Å². The highest BCUT2D eigenvalue weighted by Crippen LogP contribution is 2.41. The maximum absolute atomic E-state index is 7.39. The summed E-state index contributed by atoms with van der Waals surface area (Å²) >= 11 is 0. The highest BCUT2D eigenvalue weighted by Gasteiger charge is 2.25. The van der Waals surface area contributed by atoms with Crippen LogP contribution >= 0.6 is 0 Å². The molecule has 11 rings (SSSR count). The molecule has 0 fully saturated rings. The summed E-state index contributed by atoms with van der Waals surface area (Å²) < 4.78 is 4.27. The molecule has 0 unspecified atom stereocenters. The van der Waals surface area contributed by atoms with Crippen LogP contribution in [0, 0.1) is 0 Å². The molecule has 11 aromatic rings. The maximum atomic E-state index is 7.39. The average Bonchev–Trinajstić information content (AvgIpc) is 3.84. The van der Waals surface area contributed by atoms with Crippen LogP contribution in [0.3, 0.4) is 0 Å². The predicted octanol–water partition coefficient (Wildman–Crippen LogP) is 5.59. The Kier molecular flexibility index (Phi) is 8.69. The van der Waals surface area contributed by atoms with Gasteiger partial charge in [-0.05, 0) is 92.0 Å². The molecule has 266 valence electrons. The summed E-state index contributed by atoms with van der Waals surface area (Å²) in [5.74, 6) is 0. The van der Waals surface area contributed by atoms with Crippen molar-refractivity contribution in [2.45, 2.75) is 0 Å². The third-order valence-electron chi connectivity index (χ3n) is 12.3. The molecule has 0 saturated carbocycles. The zero-order chi connectivity index (χ0) is 41.7. The summed E-state index contributed by atoms with van der Waals surface area (Å²) in [5.41, 5.74) is 12.8. The molecule has 9 aromatic carbocycles. The Morgan fingerprint density at radius 3 is 1.61 bits per heavy atom. The van der Waals surface area contributed by atoms with E-state index in [9.17, 15) is 0 Å². The first-order valence-electron chi connectivity index (χ1n) is 20.1. The fourth-order valence-electron chi connectivity index (χ4n) is 9.37. The first kappa shape index (κ1) is 37.3. The highest BCUT2D eigenvalue weighted by molar-refractivity contribution is 6.69. The van der Waals surface area contributed by atoms with Crippen molar-refractivity contribution < 1.29 is 0 Å². The first-order valence-corrected chi connectivity index (χ1v) is 20.1. The van der Waals surface area contributed by atoms with Crippen molar-refractivity contribution in [3.8, 4) is 44.8 Å². The monoisotopic (exact) mass is 756 g/mol. The number of hydrogen-bond donors (Lipinski definition) is 0. The van der Waals surface area contributed by atoms with Gasteiger partial charge in [0.05, 0.1) is 11.0 Å². The van der Waals surface area contributed by atoms with Gasteiger partial charge in [0.2, 0.25) is 0 Å². The minimum atomic E-state index is 0.179. The highest BCUT2D eigenvalue weighted by atomic mass is 15.0. The maximum Gasteiger partial charge on any atom is 0.115 e. The van der Waals surface area contributed by atoms with Gasteiger partial charge in [0.15, 0.2) is 0 Å². The van der Waals surface area contributed by atoms with E-state index in [0.29, 0.717) is 43.8 Å². The van der Waals surface area contributed by atoms with Gasteiger partial charge >= 0.3 is 0 Å². The summed E-state index contributed by atoms with van der Waals surface area (Å²) in [5, 5.41) is 5.37. The summed E-state index contributed by atoms with van der Waals surface area (Å²) in [6.07, 6.45) is 0. The van der Waals surface area contributed by atoms with E-state index in [1.807, 2.05) is 41.0 Å². The van der Waals surface area contributed by atoms with Crippen LogP contribution in [-0.2, 0) is 0 Å². The van der Waals surface area contributed by atoms with Crippen LogP contribution in [-0.4, -0.2) is 64.1 Å². The first-order chi connectivity index (χ1) is 29.7. The van der Waals surface area contributed by atoms with Crippen LogP contribution < -0.4 is 38.2 Å². The third kappa shape index (κ3) is 5.60. The lowest BCUT2D eigenvalue weighted by molar-refractivity contribution is 1.18. The fraction of sp³-hybridized carbons (Fsp3) is 0. The Hall–Kier alpha value is -6.71. The lowest BCUT2D eigenvalue weighted by atomic mass is 9.64. The zero-order valence-electron chi connectivity index (χ0n) is 33.0. The molecule has 61 heavy (non-hydrogen) atoms. The van der Waals surface area contributed by atoms with Crippen LogP contribution in [0.15, 0.2) is 164 Å². The Labute approximate surface area is 363 Å². The van der Waals surface area contributed by atoms with Gasteiger partial charge in [0.25, 0.3) is 0 Å². The molecule has 0 atom stereocenters. The number of benzene rings is 9. The number of nitrogens with zero attached hydrogens (tertiary/aromatic N) is 2. The molecular formula is C52H27B7N2. The van der Waals surface area contributed by atoms with Crippen molar-refractivity contribution in [2.24, 2.45) is 0 Å². The minimum Gasteiger partial charge on any atom is -0.311 e. The largest absolute Gasteiger partial charge is 0.311 e. The second-order valence-corrected chi connectivity index (χ2v) is 15.6. The number of hydrogen-bond acceptors (Lipinski definition) is 0. The predicted molar refractivity (Wildman–Crippen MR) is 267 cm³/mol. The third-order valence-corrected chi connectivity index (χ3v) is 12.3. The molecule has 0 aliphatic rings. The Bertz CT molecular complexity index is 3590. The van der Waals surface area contributed by atoms with Crippen LogP contribution in [0.5, 0.6) is 0 Å². The van der Waals surface area contributed by atoms with Crippen molar-refractivity contribution in [1.29, 1.82) is 0 Å². The average molecular weight is 755 g/mol. The summed E-state index contributed by atoms with van der Waals surface area (Å²) in [6, 6.07) is 56.6. The smallest absolute Gasteiger partial charge is 0.115 e. The number of aromatic nitrogens is 2. The number of rotatable bonds is 5. The van der Waals surface area contributed by atoms with Gasteiger partial charge < -0.3 is 9.13 Å². The molecule has 14 radical (unpaired) electrons. The molecule has 0 spiro atoms. The summed E-state index contributed by atoms with van der Waals surface area (Å²) in [4.78, 5) is 0. The van der Waals surface area contributed by atoms with E-state index in [-0.39, 0.29) is 21.9 Å². The van der Waals surface area contributed by atoms with Crippen molar-refractivity contribution in [3.63, 3.8) is 0 Å². The van der Waals surface area contributed by atoms with Gasteiger partial charge in [0.1, 0.15) is 54.9 Å². The SMILES string of the molecule is [B]c1c([B])c([B])c2c(c1[B])c1c([B])c(-c3ccc4c(c3)c3c(-c5ccccc5)cccc3n4-c3ccc(-c4ccccc4)cc3)c([B])c([B])c1n2-c1ccc2ccccc2c1. The topological polar surface area (TPSA) is 9.86 Å². The molecule has 0 saturated heterocycles. The molecule has 2 aromatic heterocycles. The van der Waals surface area contributed by atoms with Gasteiger partial charge in [-0.3, -0.25) is 0 Å². The van der Waals surface area contributed by atoms with Gasteiger partial charge in [-0.25, -0.2) is 0 Å².